The van der Waals surface area contributed by atoms with E-state index in [0.29, 0.717) is 18.0 Å². The van der Waals surface area contributed by atoms with E-state index in [1.165, 1.54) is 24.3 Å². The van der Waals surface area contributed by atoms with E-state index in [4.69, 9.17) is 21.5 Å². The molecular formula is C19H18ClF2NO4S. The maximum absolute atomic E-state index is 14.8. The van der Waals surface area contributed by atoms with Crippen molar-refractivity contribution in [3.05, 3.63) is 64.7 Å². The Hall–Kier alpha value is -1.58. The Morgan fingerprint density at radius 1 is 1.14 bits per heavy atom. The molecule has 2 aromatic carbocycles. The molecular weight excluding hydrogens is 412 g/mol. The number of hydrogen-bond acceptors (Lipinski definition) is 5. The summed E-state index contributed by atoms with van der Waals surface area (Å²) in [5.41, 5.74) is 2.44. The molecule has 0 unspecified atom stereocenters. The van der Waals surface area contributed by atoms with E-state index in [1.807, 2.05) is 0 Å². The van der Waals surface area contributed by atoms with Crippen LogP contribution in [0.5, 0.6) is 0 Å². The molecule has 0 spiro atoms. The van der Waals surface area contributed by atoms with Gasteiger partial charge in [-0.2, -0.15) is 5.48 Å². The van der Waals surface area contributed by atoms with Crippen LogP contribution in [0, 0.1) is 17.6 Å². The lowest BCUT2D eigenvalue weighted by Crippen LogP contribution is -2.51. The minimum Gasteiger partial charge on any atom is -0.223 e. The van der Waals surface area contributed by atoms with Crippen LogP contribution in [0.3, 0.4) is 0 Å². The third kappa shape index (κ3) is 3.23. The van der Waals surface area contributed by atoms with Crippen molar-refractivity contribution in [2.24, 2.45) is 5.92 Å². The first kappa shape index (κ1) is 19.7. The van der Waals surface area contributed by atoms with E-state index >= 15 is 0 Å². The van der Waals surface area contributed by atoms with Gasteiger partial charge in [-0.3, -0.25) is 0 Å². The molecule has 1 aliphatic carbocycles. The largest absolute Gasteiger partial charge is 0.223 e. The van der Waals surface area contributed by atoms with E-state index in [9.17, 15) is 17.2 Å². The molecule has 9 heteroatoms. The van der Waals surface area contributed by atoms with Crippen LogP contribution in [0.15, 0.2) is 47.4 Å². The average Bonchev–Trinajstić information content (AvgIpc) is 2.69. The summed E-state index contributed by atoms with van der Waals surface area (Å²) in [6.07, 6.45) is 0.156. The van der Waals surface area contributed by atoms with Gasteiger partial charge >= 0.3 is 0 Å². The van der Waals surface area contributed by atoms with Crippen LogP contribution in [0.25, 0.3) is 0 Å². The second-order valence-corrected chi connectivity index (χ2v) is 9.84. The predicted molar refractivity (Wildman–Crippen MR) is 98.0 cm³/mol. The number of rotatable bonds is 3. The highest BCUT2D eigenvalue weighted by atomic mass is 35.5. The third-order valence-corrected chi connectivity index (χ3v) is 8.35. The van der Waals surface area contributed by atoms with Crippen LogP contribution < -0.4 is 5.48 Å². The average molecular weight is 430 g/mol. The fourth-order valence-electron chi connectivity index (χ4n) is 4.15. The van der Waals surface area contributed by atoms with Crippen LogP contribution in [0.1, 0.15) is 24.8 Å². The van der Waals surface area contributed by atoms with Crippen molar-refractivity contribution in [3.8, 4) is 0 Å². The summed E-state index contributed by atoms with van der Waals surface area (Å²) in [4.78, 5) is 10.0. The monoisotopic (exact) mass is 429 g/mol. The van der Waals surface area contributed by atoms with Gasteiger partial charge in [-0.15, -0.1) is 4.99 Å². The maximum atomic E-state index is 14.8. The molecule has 1 N–H and O–H groups in total. The molecule has 2 aliphatic rings. The Morgan fingerprint density at radius 2 is 1.89 bits per heavy atom. The van der Waals surface area contributed by atoms with Crippen molar-refractivity contribution in [2.45, 2.75) is 35.0 Å². The zero-order valence-electron chi connectivity index (χ0n) is 14.7. The topological polar surface area (TPSA) is 64.6 Å². The minimum absolute atomic E-state index is 0.0138. The van der Waals surface area contributed by atoms with Crippen LogP contribution in [0.2, 0.25) is 5.02 Å². The molecule has 3 atom stereocenters. The molecule has 4 rings (SSSR count). The summed E-state index contributed by atoms with van der Waals surface area (Å²) in [5, 5.41) is 0.385. The number of benzene rings is 2. The minimum atomic E-state index is -4.07. The quantitative estimate of drug-likeness (QED) is 0.749. The molecule has 0 aromatic heterocycles. The zero-order valence-corrected chi connectivity index (χ0v) is 16.3. The fraction of sp³-hybridized carbons (Fsp3) is 0.368. The Balaban J connectivity index is 1.89. The molecule has 2 fully saturated rings. The predicted octanol–water partition coefficient (Wildman–Crippen LogP) is 3.92. The normalized spacial score (nSPS) is 28.0. The van der Waals surface area contributed by atoms with E-state index in [1.54, 1.807) is 0 Å². The van der Waals surface area contributed by atoms with Crippen molar-refractivity contribution >= 4 is 21.4 Å². The standard InChI is InChI=1S/C19H18ClF2NO4S/c20-13-1-4-15(5-2-13)28(24,25)19(16-9-14(21)3-6-17(16)22)8-7-18-12(10-19)11-23-27-26-18/h1-6,9,12,18,23H,7-8,10-11H2/t12-,18-,19+/m0/s1. The van der Waals surface area contributed by atoms with Crippen LogP contribution in [-0.4, -0.2) is 21.1 Å². The molecule has 5 nitrogen and oxygen atoms in total. The summed E-state index contributed by atoms with van der Waals surface area (Å²) in [6, 6.07) is 8.64. The van der Waals surface area contributed by atoms with Crippen LogP contribution in [0.4, 0.5) is 8.78 Å². The van der Waals surface area contributed by atoms with Gasteiger partial charge in [0.25, 0.3) is 0 Å². The lowest BCUT2D eigenvalue weighted by atomic mass is 9.75. The van der Waals surface area contributed by atoms with Crippen molar-refractivity contribution in [3.63, 3.8) is 0 Å². The fourth-order valence-corrected chi connectivity index (χ4v) is 6.49. The first-order chi connectivity index (χ1) is 13.3. The molecule has 1 saturated heterocycles. The Kier molecular flexibility index (Phi) is 5.18. The van der Waals surface area contributed by atoms with Gasteiger partial charge in [-0.1, -0.05) is 11.6 Å². The molecule has 0 bridgehead atoms. The second kappa shape index (κ2) is 7.35. The third-order valence-electron chi connectivity index (χ3n) is 5.58. The maximum Gasteiger partial charge on any atom is 0.188 e. The number of halogens is 3. The van der Waals surface area contributed by atoms with E-state index < -0.39 is 26.2 Å². The molecule has 150 valence electrons. The SMILES string of the molecule is O=S(=O)(c1ccc(Cl)cc1)[C@]1(c2cc(F)ccc2F)CC[C@@H]2OONC[C@@H]2C1. The van der Waals surface area contributed by atoms with Crippen LogP contribution in [-0.2, 0) is 24.5 Å². The second-order valence-electron chi connectivity index (χ2n) is 7.15. The molecule has 0 amide bonds. The van der Waals surface area contributed by atoms with Crippen molar-refractivity contribution in [2.75, 3.05) is 6.54 Å². The number of sulfone groups is 1. The highest BCUT2D eigenvalue weighted by Gasteiger charge is 2.54. The Bertz CT molecular complexity index is 986. The smallest absolute Gasteiger partial charge is 0.188 e. The number of hydrogen-bond donors (Lipinski definition) is 1. The van der Waals surface area contributed by atoms with Gasteiger partial charge in [0.2, 0.25) is 0 Å². The van der Waals surface area contributed by atoms with Gasteiger partial charge in [0.15, 0.2) is 9.84 Å². The molecule has 2 aromatic rings. The summed E-state index contributed by atoms with van der Waals surface area (Å²) in [7, 11) is -4.07. The van der Waals surface area contributed by atoms with Crippen molar-refractivity contribution < 1.29 is 27.1 Å². The molecule has 0 radical (unpaired) electrons. The van der Waals surface area contributed by atoms with E-state index in [-0.39, 0.29) is 35.3 Å². The molecule has 28 heavy (non-hydrogen) atoms. The first-order valence-corrected chi connectivity index (χ1v) is 10.7. The summed E-state index contributed by atoms with van der Waals surface area (Å²) in [5.74, 6) is -1.68. The van der Waals surface area contributed by atoms with Gasteiger partial charge in [-0.05, 0) is 61.7 Å². The highest BCUT2D eigenvalue weighted by Crippen LogP contribution is 2.50. The first-order valence-electron chi connectivity index (χ1n) is 8.84. The Labute approximate surface area is 166 Å². The van der Waals surface area contributed by atoms with Crippen LogP contribution >= 0.6 is 11.6 Å². The number of nitrogens with one attached hydrogen (secondary N) is 1. The number of hydroxylamine groups is 1. The summed E-state index contributed by atoms with van der Waals surface area (Å²) in [6.45, 7) is 0.347. The van der Waals surface area contributed by atoms with Gasteiger partial charge in [0.05, 0.1) is 11.0 Å². The summed E-state index contributed by atoms with van der Waals surface area (Å²) >= 11 is 5.89. The zero-order chi connectivity index (χ0) is 19.9. The lowest BCUT2D eigenvalue weighted by Gasteiger charge is -2.45. The van der Waals surface area contributed by atoms with Crippen molar-refractivity contribution in [1.82, 2.24) is 5.48 Å². The highest BCUT2D eigenvalue weighted by molar-refractivity contribution is 7.92. The lowest BCUT2D eigenvalue weighted by molar-refractivity contribution is -0.399. The van der Waals surface area contributed by atoms with E-state index in [0.717, 1.165) is 18.2 Å². The van der Waals surface area contributed by atoms with Gasteiger partial charge < -0.3 is 0 Å². The van der Waals surface area contributed by atoms with Gasteiger partial charge in [0.1, 0.15) is 16.4 Å². The Morgan fingerprint density at radius 3 is 2.64 bits per heavy atom. The van der Waals surface area contributed by atoms with E-state index in [2.05, 4.69) is 5.48 Å². The van der Waals surface area contributed by atoms with Gasteiger partial charge in [-0.25, -0.2) is 22.1 Å². The molecule has 1 heterocycles. The summed E-state index contributed by atoms with van der Waals surface area (Å²) < 4.78 is 54.7. The van der Waals surface area contributed by atoms with Crippen molar-refractivity contribution in [1.29, 1.82) is 0 Å². The molecule has 1 aliphatic heterocycles. The van der Waals surface area contributed by atoms with Gasteiger partial charge in [0, 0.05) is 23.0 Å². The molecule has 1 saturated carbocycles. The number of fused-ring (bicyclic) bond motifs is 1.